The predicted octanol–water partition coefficient (Wildman–Crippen LogP) is 6.33. The molecule has 28 heavy (non-hydrogen) atoms. The Bertz CT molecular complexity index is 1190. The van der Waals surface area contributed by atoms with Crippen molar-refractivity contribution >= 4 is 34.3 Å². The number of rotatable bonds is 3. The van der Waals surface area contributed by atoms with Crippen molar-refractivity contribution in [1.82, 2.24) is 4.98 Å². The second kappa shape index (κ2) is 7.13. The van der Waals surface area contributed by atoms with Crippen LogP contribution in [0, 0.1) is 20.8 Å². The van der Waals surface area contributed by atoms with Crippen LogP contribution < -0.4 is 5.32 Å². The van der Waals surface area contributed by atoms with Gasteiger partial charge in [0.2, 0.25) is 5.89 Å². The van der Waals surface area contributed by atoms with Crippen molar-refractivity contribution in [3.63, 3.8) is 0 Å². The maximum Gasteiger partial charge on any atom is 0.255 e. The van der Waals surface area contributed by atoms with Crippen molar-refractivity contribution < 1.29 is 9.21 Å². The monoisotopic (exact) mass is 390 g/mol. The van der Waals surface area contributed by atoms with Gasteiger partial charge < -0.3 is 9.73 Å². The lowest BCUT2D eigenvalue weighted by atomic mass is 10.1. The van der Waals surface area contributed by atoms with E-state index in [1.807, 2.05) is 45.0 Å². The largest absolute Gasteiger partial charge is 0.436 e. The lowest BCUT2D eigenvalue weighted by Gasteiger charge is -2.10. The van der Waals surface area contributed by atoms with E-state index in [0.717, 1.165) is 33.4 Å². The summed E-state index contributed by atoms with van der Waals surface area (Å²) in [5, 5.41) is 3.55. The van der Waals surface area contributed by atoms with E-state index in [0.29, 0.717) is 22.2 Å². The summed E-state index contributed by atoms with van der Waals surface area (Å²) in [6.45, 7) is 6.00. The van der Waals surface area contributed by atoms with E-state index in [1.165, 1.54) is 0 Å². The van der Waals surface area contributed by atoms with E-state index in [9.17, 15) is 4.79 Å². The van der Waals surface area contributed by atoms with Gasteiger partial charge >= 0.3 is 0 Å². The van der Waals surface area contributed by atoms with Crippen LogP contribution in [0.3, 0.4) is 0 Å². The molecule has 0 fully saturated rings. The number of hydrogen-bond acceptors (Lipinski definition) is 3. The van der Waals surface area contributed by atoms with Gasteiger partial charge in [-0.3, -0.25) is 4.79 Å². The number of nitrogens with one attached hydrogen (secondary N) is 1. The zero-order chi connectivity index (χ0) is 19.8. The van der Waals surface area contributed by atoms with Gasteiger partial charge in [0, 0.05) is 21.8 Å². The van der Waals surface area contributed by atoms with Crippen LogP contribution in [0.4, 0.5) is 5.69 Å². The van der Waals surface area contributed by atoms with Gasteiger partial charge in [-0.25, -0.2) is 4.98 Å². The molecule has 4 rings (SSSR count). The van der Waals surface area contributed by atoms with Crippen molar-refractivity contribution in [2.45, 2.75) is 20.8 Å². The topological polar surface area (TPSA) is 55.1 Å². The average Bonchev–Trinajstić information content (AvgIpc) is 3.08. The van der Waals surface area contributed by atoms with E-state index in [1.54, 1.807) is 24.3 Å². The summed E-state index contributed by atoms with van der Waals surface area (Å²) in [7, 11) is 0. The molecule has 0 atom stereocenters. The molecule has 0 aliphatic heterocycles. The number of oxazole rings is 1. The number of benzene rings is 3. The standard InChI is InChI=1S/C23H19ClN2O2/c1-13-10-15(3)21-20(11-13)26-23(28-21)17-5-4-14(2)19(12-17)25-22(27)16-6-8-18(24)9-7-16/h4-12H,1-3H3,(H,25,27). The molecule has 0 saturated heterocycles. The normalized spacial score (nSPS) is 11.0. The predicted molar refractivity (Wildman–Crippen MR) is 113 cm³/mol. The Morgan fingerprint density at radius 1 is 0.964 bits per heavy atom. The molecule has 0 aliphatic carbocycles. The minimum absolute atomic E-state index is 0.194. The van der Waals surface area contributed by atoms with Gasteiger partial charge in [-0.2, -0.15) is 0 Å². The van der Waals surface area contributed by atoms with Gasteiger partial charge in [-0.05, 0) is 79.9 Å². The van der Waals surface area contributed by atoms with Crippen molar-refractivity contribution in [2.75, 3.05) is 5.32 Å². The number of fused-ring (bicyclic) bond motifs is 1. The molecule has 1 N–H and O–H groups in total. The summed E-state index contributed by atoms with van der Waals surface area (Å²) in [4.78, 5) is 17.2. The van der Waals surface area contributed by atoms with E-state index >= 15 is 0 Å². The summed E-state index contributed by atoms with van der Waals surface area (Å²) in [6.07, 6.45) is 0. The molecule has 1 aromatic heterocycles. The lowest BCUT2D eigenvalue weighted by Crippen LogP contribution is -2.12. The number of hydrogen-bond donors (Lipinski definition) is 1. The molecule has 0 bridgehead atoms. The number of carbonyl (C=O) groups excluding carboxylic acids is 1. The van der Waals surface area contributed by atoms with Gasteiger partial charge in [-0.1, -0.05) is 23.7 Å². The highest BCUT2D eigenvalue weighted by Gasteiger charge is 2.14. The van der Waals surface area contributed by atoms with E-state index in [4.69, 9.17) is 16.0 Å². The molecule has 5 heteroatoms. The van der Waals surface area contributed by atoms with E-state index in [2.05, 4.69) is 16.4 Å². The number of anilines is 1. The minimum atomic E-state index is -0.194. The number of aryl methyl sites for hydroxylation is 3. The van der Waals surface area contributed by atoms with Crippen LogP contribution in [-0.2, 0) is 0 Å². The molecule has 0 aliphatic rings. The zero-order valence-corrected chi connectivity index (χ0v) is 16.6. The summed E-state index contributed by atoms with van der Waals surface area (Å²) in [6, 6.07) is 16.6. The SMILES string of the molecule is Cc1cc(C)c2oc(-c3ccc(C)c(NC(=O)c4ccc(Cl)cc4)c3)nc2c1. The fourth-order valence-corrected chi connectivity index (χ4v) is 3.31. The van der Waals surface area contributed by atoms with Crippen LogP contribution >= 0.6 is 11.6 Å². The Morgan fingerprint density at radius 3 is 2.46 bits per heavy atom. The van der Waals surface area contributed by atoms with Crippen LogP contribution in [0.15, 0.2) is 59.0 Å². The number of halogens is 1. The summed E-state index contributed by atoms with van der Waals surface area (Å²) in [5.41, 5.74) is 6.84. The van der Waals surface area contributed by atoms with Gasteiger partial charge in [0.25, 0.3) is 5.91 Å². The second-order valence-electron chi connectivity index (χ2n) is 6.94. The van der Waals surface area contributed by atoms with Crippen LogP contribution in [0.1, 0.15) is 27.0 Å². The lowest BCUT2D eigenvalue weighted by molar-refractivity contribution is 0.102. The van der Waals surface area contributed by atoms with E-state index < -0.39 is 0 Å². The quantitative estimate of drug-likeness (QED) is 0.445. The molecule has 1 amide bonds. The summed E-state index contributed by atoms with van der Waals surface area (Å²) < 4.78 is 6.00. The highest BCUT2D eigenvalue weighted by atomic mass is 35.5. The highest BCUT2D eigenvalue weighted by Crippen LogP contribution is 2.30. The zero-order valence-electron chi connectivity index (χ0n) is 15.8. The first-order valence-corrected chi connectivity index (χ1v) is 9.34. The Hall–Kier alpha value is -3.11. The minimum Gasteiger partial charge on any atom is -0.436 e. The third-order valence-electron chi connectivity index (χ3n) is 4.66. The van der Waals surface area contributed by atoms with Crippen LogP contribution in [0.2, 0.25) is 5.02 Å². The second-order valence-corrected chi connectivity index (χ2v) is 7.38. The Balaban J connectivity index is 1.68. The molecule has 0 unspecified atom stereocenters. The first kappa shape index (κ1) is 18.3. The first-order chi connectivity index (χ1) is 13.4. The fourth-order valence-electron chi connectivity index (χ4n) is 3.19. The smallest absolute Gasteiger partial charge is 0.255 e. The summed E-state index contributed by atoms with van der Waals surface area (Å²) in [5.74, 6) is 0.339. The first-order valence-electron chi connectivity index (χ1n) is 8.96. The fraction of sp³-hybridized carbons (Fsp3) is 0.130. The van der Waals surface area contributed by atoms with Crippen LogP contribution in [0.25, 0.3) is 22.6 Å². The van der Waals surface area contributed by atoms with Crippen molar-refractivity contribution in [3.05, 3.63) is 81.9 Å². The van der Waals surface area contributed by atoms with Gasteiger partial charge in [-0.15, -0.1) is 0 Å². The average molecular weight is 391 g/mol. The molecule has 4 nitrogen and oxygen atoms in total. The molecule has 1 heterocycles. The van der Waals surface area contributed by atoms with E-state index in [-0.39, 0.29) is 5.91 Å². The molecule has 4 aromatic rings. The highest BCUT2D eigenvalue weighted by molar-refractivity contribution is 6.30. The number of nitrogens with zero attached hydrogens (tertiary/aromatic N) is 1. The molecular weight excluding hydrogens is 372 g/mol. The third-order valence-corrected chi connectivity index (χ3v) is 4.91. The molecule has 0 saturated carbocycles. The van der Waals surface area contributed by atoms with Gasteiger partial charge in [0.05, 0.1) is 0 Å². The third kappa shape index (κ3) is 3.51. The number of carbonyl (C=O) groups is 1. The van der Waals surface area contributed by atoms with Crippen molar-refractivity contribution in [3.8, 4) is 11.5 Å². The molecular formula is C23H19ClN2O2. The molecule has 140 valence electrons. The van der Waals surface area contributed by atoms with Crippen LogP contribution in [-0.4, -0.2) is 10.9 Å². The van der Waals surface area contributed by atoms with Crippen molar-refractivity contribution in [2.24, 2.45) is 0 Å². The van der Waals surface area contributed by atoms with Gasteiger partial charge in [0.1, 0.15) is 5.52 Å². The Labute approximate surface area is 168 Å². The summed E-state index contributed by atoms with van der Waals surface area (Å²) >= 11 is 5.90. The number of aromatic nitrogens is 1. The number of amides is 1. The maximum atomic E-state index is 12.6. The van der Waals surface area contributed by atoms with Crippen LogP contribution in [0.5, 0.6) is 0 Å². The molecule has 3 aromatic carbocycles. The molecule has 0 spiro atoms. The Morgan fingerprint density at radius 2 is 1.71 bits per heavy atom. The molecule has 0 radical (unpaired) electrons. The Kier molecular flexibility index (Phi) is 4.65. The maximum absolute atomic E-state index is 12.6. The van der Waals surface area contributed by atoms with Gasteiger partial charge in [0.15, 0.2) is 5.58 Å². The van der Waals surface area contributed by atoms with Crippen molar-refractivity contribution in [1.29, 1.82) is 0 Å².